The van der Waals surface area contributed by atoms with Gasteiger partial charge >= 0.3 is 0 Å². The minimum Gasteiger partial charge on any atom is -0.369 e. The summed E-state index contributed by atoms with van der Waals surface area (Å²) in [5.74, 6) is 0.0850. The highest BCUT2D eigenvalue weighted by Crippen LogP contribution is 2.28. The number of halogens is 1. The number of benzene rings is 1. The Morgan fingerprint density at radius 3 is 2.67 bits per heavy atom. The number of hydrogen-bond acceptors (Lipinski definition) is 3. The number of likely N-dealkylation sites (N-methyl/N-ethyl adjacent to an activating group) is 1. The van der Waals surface area contributed by atoms with Gasteiger partial charge in [0.25, 0.3) is 0 Å². The number of nitrogens with one attached hydrogen (secondary N) is 1. The van der Waals surface area contributed by atoms with Crippen LogP contribution in [0.5, 0.6) is 0 Å². The van der Waals surface area contributed by atoms with Gasteiger partial charge in [0, 0.05) is 55.4 Å². The van der Waals surface area contributed by atoms with Crippen molar-refractivity contribution in [2.75, 3.05) is 38.1 Å². The highest BCUT2D eigenvalue weighted by atomic mass is 35.5. The van der Waals surface area contributed by atoms with E-state index < -0.39 is 0 Å². The maximum Gasteiger partial charge on any atom is 0.220 e. The van der Waals surface area contributed by atoms with Crippen molar-refractivity contribution in [3.63, 3.8) is 0 Å². The van der Waals surface area contributed by atoms with Crippen molar-refractivity contribution in [3.8, 4) is 0 Å². The van der Waals surface area contributed by atoms with E-state index in [1.54, 1.807) is 0 Å². The van der Waals surface area contributed by atoms with Crippen LogP contribution in [0.25, 0.3) is 0 Å². The number of amides is 1. The molecule has 0 aromatic heterocycles. The SMILES string of the molecule is CCCC(=O)NCc1c(Cl)cccc1N1CCN(C)CC1. The lowest BCUT2D eigenvalue weighted by Gasteiger charge is -2.35. The minimum absolute atomic E-state index is 0.0850. The van der Waals surface area contributed by atoms with Crippen LogP contribution in [0.2, 0.25) is 5.02 Å². The lowest BCUT2D eigenvalue weighted by molar-refractivity contribution is -0.121. The van der Waals surface area contributed by atoms with E-state index in [-0.39, 0.29) is 5.91 Å². The molecule has 1 aromatic carbocycles. The van der Waals surface area contributed by atoms with Gasteiger partial charge in [0.05, 0.1) is 0 Å². The second kappa shape index (κ2) is 7.66. The van der Waals surface area contributed by atoms with E-state index in [1.165, 1.54) is 0 Å². The van der Waals surface area contributed by atoms with Crippen molar-refractivity contribution < 1.29 is 4.79 Å². The van der Waals surface area contributed by atoms with Crippen molar-refractivity contribution in [3.05, 3.63) is 28.8 Å². The van der Waals surface area contributed by atoms with Crippen molar-refractivity contribution in [2.24, 2.45) is 0 Å². The van der Waals surface area contributed by atoms with Gasteiger partial charge in [-0.15, -0.1) is 0 Å². The van der Waals surface area contributed by atoms with E-state index in [4.69, 9.17) is 11.6 Å². The molecule has 4 nitrogen and oxygen atoms in total. The molecule has 1 amide bonds. The average Bonchev–Trinajstić information content (AvgIpc) is 2.47. The van der Waals surface area contributed by atoms with E-state index in [2.05, 4.69) is 28.2 Å². The number of nitrogens with zero attached hydrogens (tertiary/aromatic N) is 2. The molecule has 1 saturated heterocycles. The minimum atomic E-state index is 0.0850. The molecule has 1 N–H and O–H groups in total. The van der Waals surface area contributed by atoms with Gasteiger partial charge < -0.3 is 15.1 Å². The number of carbonyl (C=O) groups is 1. The molecule has 1 fully saturated rings. The first kappa shape index (κ1) is 16.1. The third-order valence-corrected chi connectivity index (χ3v) is 4.23. The topological polar surface area (TPSA) is 35.6 Å². The number of carbonyl (C=O) groups excluding carboxylic acids is 1. The first-order valence-corrected chi connectivity index (χ1v) is 7.97. The zero-order valence-corrected chi connectivity index (χ0v) is 13.6. The summed E-state index contributed by atoms with van der Waals surface area (Å²) in [5.41, 5.74) is 2.17. The van der Waals surface area contributed by atoms with Crippen molar-refractivity contribution >= 4 is 23.2 Å². The van der Waals surface area contributed by atoms with Gasteiger partial charge in [-0.2, -0.15) is 0 Å². The molecule has 0 saturated carbocycles. The Balaban J connectivity index is 2.10. The molecule has 0 unspecified atom stereocenters. The Kier molecular flexibility index (Phi) is 5.88. The Morgan fingerprint density at radius 1 is 1.29 bits per heavy atom. The van der Waals surface area contributed by atoms with E-state index in [0.717, 1.165) is 48.9 Å². The highest BCUT2D eigenvalue weighted by molar-refractivity contribution is 6.31. The summed E-state index contributed by atoms with van der Waals surface area (Å²) in [4.78, 5) is 16.4. The zero-order valence-electron chi connectivity index (χ0n) is 12.9. The van der Waals surface area contributed by atoms with E-state index >= 15 is 0 Å². The maximum absolute atomic E-state index is 11.7. The summed E-state index contributed by atoms with van der Waals surface area (Å²) in [6.45, 7) is 6.59. The van der Waals surface area contributed by atoms with Crippen LogP contribution in [0.15, 0.2) is 18.2 Å². The van der Waals surface area contributed by atoms with Crippen LogP contribution >= 0.6 is 11.6 Å². The second-order valence-corrected chi connectivity index (χ2v) is 5.96. The molecular formula is C16H24ClN3O. The lowest BCUT2D eigenvalue weighted by Crippen LogP contribution is -2.45. The number of rotatable bonds is 5. The smallest absolute Gasteiger partial charge is 0.220 e. The largest absolute Gasteiger partial charge is 0.369 e. The standard InChI is InChI=1S/C16H24ClN3O/c1-3-5-16(21)18-12-13-14(17)6-4-7-15(13)20-10-8-19(2)9-11-20/h4,6-7H,3,5,8-12H2,1-2H3,(H,18,21). The van der Waals surface area contributed by atoms with E-state index in [0.29, 0.717) is 13.0 Å². The average molecular weight is 310 g/mol. The van der Waals surface area contributed by atoms with Gasteiger partial charge in [-0.1, -0.05) is 24.6 Å². The molecule has 0 atom stereocenters. The fraction of sp³-hybridized carbons (Fsp3) is 0.562. The summed E-state index contributed by atoms with van der Waals surface area (Å²) in [6, 6.07) is 5.97. The summed E-state index contributed by atoms with van der Waals surface area (Å²) in [5, 5.41) is 3.69. The molecule has 2 rings (SSSR count). The van der Waals surface area contributed by atoms with Crippen molar-refractivity contribution in [1.82, 2.24) is 10.2 Å². The Bertz CT molecular complexity index is 484. The van der Waals surface area contributed by atoms with Crippen LogP contribution in [0.1, 0.15) is 25.3 Å². The molecule has 21 heavy (non-hydrogen) atoms. The van der Waals surface area contributed by atoms with E-state index in [1.807, 2.05) is 19.1 Å². The fourth-order valence-corrected chi connectivity index (χ4v) is 2.80. The van der Waals surface area contributed by atoms with Gasteiger partial charge in [0.1, 0.15) is 0 Å². The van der Waals surface area contributed by atoms with Gasteiger partial charge in [-0.3, -0.25) is 4.79 Å². The molecule has 5 heteroatoms. The molecule has 1 aromatic rings. The molecule has 1 aliphatic heterocycles. The van der Waals surface area contributed by atoms with Crippen LogP contribution in [0.4, 0.5) is 5.69 Å². The van der Waals surface area contributed by atoms with Crippen LogP contribution < -0.4 is 10.2 Å². The molecule has 116 valence electrons. The summed E-state index contributed by atoms with van der Waals surface area (Å²) in [7, 11) is 2.14. The van der Waals surface area contributed by atoms with Crippen LogP contribution in [-0.2, 0) is 11.3 Å². The van der Waals surface area contributed by atoms with E-state index in [9.17, 15) is 4.79 Å². The first-order chi connectivity index (χ1) is 10.1. The Labute approximate surface area is 132 Å². The van der Waals surface area contributed by atoms with Gasteiger partial charge in [-0.25, -0.2) is 0 Å². The highest BCUT2D eigenvalue weighted by Gasteiger charge is 2.18. The van der Waals surface area contributed by atoms with Gasteiger partial charge in [0.15, 0.2) is 0 Å². The van der Waals surface area contributed by atoms with Gasteiger partial charge in [-0.05, 0) is 25.6 Å². The molecule has 0 spiro atoms. The van der Waals surface area contributed by atoms with Gasteiger partial charge in [0.2, 0.25) is 5.91 Å². The second-order valence-electron chi connectivity index (χ2n) is 5.55. The summed E-state index contributed by atoms with van der Waals surface area (Å²) < 4.78 is 0. The molecule has 1 aliphatic rings. The Morgan fingerprint density at radius 2 is 2.00 bits per heavy atom. The predicted octanol–water partition coefficient (Wildman–Crippen LogP) is 2.51. The summed E-state index contributed by atoms with van der Waals surface area (Å²) >= 11 is 6.35. The van der Waals surface area contributed by atoms with Crippen LogP contribution in [0.3, 0.4) is 0 Å². The number of hydrogen-bond donors (Lipinski definition) is 1. The third kappa shape index (κ3) is 4.35. The van der Waals surface area contributed by atoms with Crippen LogP contribution in [-0.4, -0.2) is 44.0 Å². The fourth-order valence-electron chi connectivity index (χ4n) is 2.57. The first-order valence-electron chi connectivity index (χ1n) is 7.59. The monoisotopic (exact) mass is 309 g/mol. The van der Waals surface area contributed by atoms with Crippen molar-refractivity contribution in [2.45, 2.75) is 26.3 Å². The third-order valence-electron chi connectivity index (χ3n) is 3.88. The number of piperazine rings is 1. The lowest BCUT2D eigenvalue weighted by atomic mass is 10.1. The zero-order chi connectivity index (χ0) is 15.2. The number of anilines is 1. The van der Waals surface area contributed by atoms with Crippen molar-refractivity contribution in [1.29, 1.82) is 0 Å². The molecule has 0 bridgehead atoms. The molecular weight excluding hydrogens is 286 g/mol. The molecule has 0 aliphatic carbocycles. The predicted molar refractivity (Wildman–Crippen MR) is 87.9 cm³/mol. The maximum atomic E-state index is 11.7. The van der Waals surface area contributed by atoms with Crippen LogP contribution in [0, 0.1) is 0 Å². The summed E-state index contributed by atoms with van der Waals surface area (Å²) in [6.07, 6.45) is 1.42. The Hall–Kier alpha value is -1.26. The molecule has 0 radical (unpaired) electrons. The normalized spacial score (nSPS) is 16.0. The molecule has 1 heterocycles. The quantitative estimate of drug-likeness (QED) is 0.908.